The third kappa shape index (κ3) is 19.2. The Morgan fingerprint density at radius 2 is 1.22 bits per heavy atom. The number of para-hydroxylation sites is 2. The fraction of sp³-hybridized carbons (Fsp3) is 0.351. The summed E-state index contributed by atoms with van der Waals surface area (Å²) in [7, 11) is -11.8. The Morgan fingerprint density at radius 1 is 0.663 bits per heavy atom. The number of nitrogens with one attached hydrogen (secondary N) is 1. The number of nitrogens with zero attached hydrogens (tertiary/aromatic N) is 4. The number of amides is 1. The van der Waals surface area contributed by atoms with Crippen LogP contribution in [0.3, 0.4) is 0 Å². The molecule has 6 N–H and O–H groups in total. The molecule has 0 atom stereocenters. The minimum Gasteiger partial charge on any atom is -0.748 e. The highest BCUT2D eigenvalue weighted by Gasteiger charge is 2.44. The standard InChI is InChI=1S/C74H89B2N5O12S2/c1-54(2)72(82)77-43-20-44-78(52-60-21-7-11-27-65(60)75(83)84)49-55-31-33-56(34-32-55)50-79(53-61-22-8-12-28-66(61)76(85)86)51-57-35-39-62(40-36-57)93-71-58(37-41-69-73(3,4)63-25-9-13-29-67(63)80(69)45-15-17-47-94(87,88)89)23-19-24-59(71)38-42-70-74(5,6)64-26-10-14-30-68(64)81(70)46-16-18-48-95(90,91)92/h7-14,21-22,25-42,83-86H,1,15-20,23-24,43-53H2,2-6H3,(H2-,77,82,87,88,89,90,91,92). The van der Waals surface area contributed by atoms with Gasteiger partial charge in [-0.1, -0.05) is 148 Å². The zero-order valence-electron chi connectivity index (χ0n) is 55.2. The van der Waals surface area contributed by atoms with Crippen molar-refractivity contribution in [3.8, 4) is 5.75 Å². The molecule has 2 heterocycles. The van der Waals surface area contributed by atoms with E-state index in [1.807, 2.05) is 60.7 Å². The second kappa shape index (κ2) is 32.0. The van der Waals surface area contributed by atoms with Gasteiger partial charge in [-0.25, -0.2) is 8.42 Å². The molecule has 9 rings (SSSR count). The lowest BCUT2D eigenvalue weighted by molar-refractivity contribution is -0.438. The molecule has 2 aliphatic heterocycles. The van der Waals surface area contributed by atoms with Gasteiger partial charge in [0.1, 0.15) is 18.1 Å². The first-order valence-electron chi connectivity index (χ1n) is 32.7. The van der Waals surface area contributed by atoms with E-state index in [-0.39, 0.29) is 18.1 Å². The molecule has 500 valence electrons. The Morgan fingerprint density at radius 3 is 1.83 bits per heavy atom. The number of allylic oxidation sites excluding steroid dienone is 7. The van der Waals surface area contributed by atoms with Crippen LogP contribution in [0.4, 0.5) is 11.4 Å². The van der Waals surface area contributed by atoms with Gasteiger partial charge in [-0.05, 0) is 152 Å². The van der Waals surface area contributed by atoms with Crippen LogP contribution in [0.25, 0.3) is 0 Å². The van der Waals surface area contributed by atoms with Crippen molar-refractivity contribution in [3.05, 3.63) is 244 Å². The summed E-state index contributed by atoms with van der Waals surface area (Å²) in [6.07, 6.45) is 13.2. The van der Waals surface area contributed by atoms with E-state index in [1.54, 1.807) is 31.2 Å². The van der Waals surface area contributed by atoms with Crippen LogP contribution in [-0.2, 0) is 68.6 Å². The Labute approximate surface area is 562 Å². The lowest BCUT2D eigenvalue weighted by Crippen LogP contribution is -2.36. The highest BCUT2D eigenvalue weighted by atomic mass is 32.2. The van der Waals surface area contributed by atoms with Crippen molar-refractivity contribution in [2.45, 2.75) is 130 Å². The van der Waals surface area contributed by atoms with E-state index >= 15 is 0 Å². The smallest absolute Gasteiger partial charge is 0.488 e. The van der Waals surface area contributed by atoms with Gasteiger partial charge in [-0.2, -0.15) is 13.0 Å². The van der Waals surface area contributed by atoms with Gasteiger partial charge < -0.3 is 39.6 Å². The van der Waals surface area contributed by atoms with E-state index in [4.69, 9.17) is 4.74 Å². The van der Waals surface area contributed by atoms with Crippen LogP contribution in [0.5, 0.6) is 5.75 Å². The first kappa shape index (κ1) is 71.8. The average Bonchev–Trinajstić information content (AvgIpc) is 1.61. The van der Waals surface area contributed by atoms with E-state index in [2.05, 4.69) is 144 Å². The van der Waals surface area contributed by atoms with Gasteiger partial charge >= 0.3 is 14.2 Å². The second-order valence-corrected chi connectivity index (χ2v) is 29.3. The molecule has 0 spiro atoms. The third-order valence-electron chi connectivity index (χ3n) is 18.2. The Bertz CT molecular complexity index is 4110. The number of carbonyl (C=O) groups is 1. The van der Waals surface area contributed by atoms with E-state index < -0.39 is 51.1 Å². The quantitative estimate of drug-likeness (QED) is 0.00758. The van der Waals surface area contributed by atoms with Crippen LogP contribution in [0.15, 0.2) is 205 Å². The lowest BCUT2D eigenvalue weighted by Gasteiger charge is -2.28. The highest BCUT2D eigenvalue weighted by molar-refractivity contribution is 7.85. The minimum absolute atomic E-state index is 0.199. The lowest BCUT2D eigenvalue weighted by atomic mass is 9.77. The number of hydrogen-bond acceptors (Lipinski definition) is 14. The van der Waals surface area contributed by atoms with Gasteiger partial charge in [0.05, 0.1) is 21.3 Å². The van der Waals surface area contributed by atoms with Crippen molar-refractivity contribution in [3.63, 3.8) is 0 Å². The summed E-state index contributed by atoms with van der Waals surface area (Å²) in [5.74, 6) is 0.406. The van der Waals surface area contributed by atoms with E-state index in [0.29, 0.717) is 107 Å². The molecule has 0 saturated heterocycles. The molecule has 0 bridgehead atoms. The monoisotopic (exact) mass is 1330 g/mol. The van der Waals surface area contributed by atoms with Gasteiger partial charge in [0, 0.05) is 105 Å². The summed E-state index contributed by atoms with van der Waals surface area (Å²) >= 11 is 0. The molecule has 1 amide bonds. The molecule has 17 nitrogen and oxygen atoms in total. The summed E-state index contributed by atoms with van der Waals surface area (Å²) < 4.78 is 77.4. The fourth-order valence-electron chi connectivity index (χ4n) is 13.3. The van der Waals surface area contributed by atoms with Crippen molar-refractivity contribution in [2.24, 2.45) is 0 Å². The second-order valence-electron chi connectivity index (χ2n) is 26.2. The topological polar surface area (TPSA) is 244 Å². The Hall–Kier alpha value is -7.53. The predicted octanol–water partition coefficient (Wildman–Crippen LogP) is 9.38. The van der Waals surface area contributed by atoms with E-state index in [1.165, 1.54) is 0 Å². The first-order chi connectivity index (χ1) is 45.3. The SMILES string of the molecule is C=C(C)C(=O)NCCCN(Cc1ccc(CN(Cc2ccc(OC3=C(/C=C/C4=[N+](CCCCS(=O)(=O)O)c5ccccc5C4(C)C)CCC/C3=C\C=C3\N(CCCCS(=O)(=O)[O-])c4ccccc4C3(C)C)cc2)Cc2ccccc2B(O)O)cc1)Cc1ccccc1B(O)O. The minimum atomic E-state index is -4.36. The molecule has 0 fully saturated rings. The molecule has 0 radical (unpaired) electrons. The Kier molecular flexibility index (Phi) is 24.2. The molecule has 6 aromatic rings. The molecular formula is C74H89B2N5O12S2. The highest BCUT2D eigenvalue weighted by Crippen LogP contribution is 2.48. The molecule has 95 heavy (non-hydrogen) atoms. The van der Waals surface area contributed by atoms with Crippen molar-refractivity contribution < 1.29 is 60.1 Å². The molecule has 6 aromatic carbocycles. The van der Waals surface area contributed by atoms with Crippen molar-refractivity contribution in [1.29, 1.82) is 0 Å². The van der Waals surface area contributed by atoms with Gasteiger partial charge in [0.25, 0.3) is 10.1 Å². The molecular weight excluding hydrogens is 1240 g/mol. The van der Waals surface area contributed by atoms with Crippen LogP contribution < -0.4 is 25.9 Å². The number of ether oxygens (including phenoxy) is 1. The van der Waals surface area contributed by atoms with Crippen LogP contribution in [0.2, 0.25) is 0 Å². The van der Waals surface area contributed by atoms with Crippen molar-refractivity contribution in [2.75, 3.05) is 42.6 Å². The van der Waals surface area contributed by atoms with Gasteiger partial charge in [0.15, 0.2) is 5.71 Å². The largest absolute Gasteiger partial charge is 0.748 e. The average molecular weight is 1330 g/mol. The van der Waals surface area contributed by atoms with Crippen LogP contribution in [-0.4, -0.2) is 124 Å². The van der Waals surface area contributed by atoms with Gasteiger partial charge in [-0.3, -0.25) is 19.1 Å². The number of fused-ring (bicyclic) bond motifs is 2. The van der Waals surface area contributed by atoms with Crippen LogP contribution >= 0.6 is 0 Å². The number of benzene rings is 6. The maximum atomic E-state index is 12.3. The van der Waals surface area contributed by atoms with Crippen LogP contribution in [0, 0.1) is 0 Å². The predicted molar refractivity (Wildman–Crippen MR) is 377 cm³/mol. The third-order valence-corrected chi connectivity index (χ3v) is 19.8. The summed E-state index contributed by atoms with van der Waals surface area (Å²) in [6.45, 7) is 18.7. The molecule has 1 aliphatic carbocycles. The van der Waals surface area contributed by atoms with E-state index in [0.717, 1.165) is 97.9 Å². The fourth-order valence-corrected chi connectivity index (χ4v) is 14.4. The number of hydrogen-bond donors (Lipinski definition) is 6. The number of anilines is 1. The molecule has 0 saturated carbocycles. The first-order valence-corrected chi connectivity index (χ1v) is 35.9. The molecule has 0 aromatic heterocycles. The van der Waals surface area contributed by atoms with Crippen LogP contribution in [0.1, 0.15) is 125 Å². The zero-order chi connectivity index (χ0) is 68.1. The van der Waals surface area contributed by atoms with E-state index in [9.17, 15) is 50.8 Å². The number of rotatable bonds is 32. The summed E-state index contributed by atoms with van der Waals surface area (Å²) in [5.41, 5.74) is 13.5. The van der Waals surface area contributed by atoms with Crippen molar-refractivity contribution in [1.82, 2.24) is 15.1 Å². The summed E-state index contributed by atoms with van der Waals surface area (Å²) in [5, 5.41) is 44.3. The summed E-state index contributed by atoms with van der Waals surface area (Å²) in [6, 6.07) is 47.5. The normalized spacial score (nSPS) is 16.2. The number of unbranched alkanes of at least 4 members (excludes halogenated alkanes) is 2. The zero-order valence-corrected chi connectivity index (χ0v) is 56.8. The molecule has 3 aliphatic rings. The summed E-state index contributed by atoms with van der Waals surface area (Å²) in [4.78, 5) is 19.0. The van der Waals surface area contributed by atoms with Gasteiger partial charge in [0.2, 0.25) is 11.6 Å². The Balaban J connectivity index is 1.02. The van der Waals surface area contributed by atoms with Gasteiger partial charge in [-0.15, -0.1) is 0 Å². The molecule has 0 unspecified atom stereocenters. The maximum absolute atomic E-state index is 12.3. The van der Waals surface area contributed by atoms with Crippen molar-refractivity contribution >= 4 is 68.4 Å². The number of carbonyl (C=O) groups excluding carboxylic acids is 1. The molecule has 21 heteroatoms. The maximum Gasteiger partial charge on any atom is 0.488 e.